The summed E-state index contributed by atoms with van der Waals surface area (Å²) in [5.74, 6) is -0.282. The van der Waals surface area contributed by atoms with Crippen molar-refractivity contribution in [3.63, 3.8) is 0 Å². The lowest BCUT2D eigenvalue weighted by atomic mass is 10.0. The molecule has 174 valence electrons. The lowest BCUT2D eigenvalue weighted by Crippen LogP contribution is -2.55. The Labute approximate surface area is 184 Å². The summed E-state index contributed by atoms with van der Waals surface area (Å²) in [6, 6.07) is -1.48. The fourth-order valence-corrected chi connectivity index (χ4v) is 2.96. The number of nitrogens with one attached hydrogen (secondary N) is 3. The lowest BCUT2D eigenvalue weighted by Gasteiger charge is -2.26. The number of hydrogen-bond acceptors (Lipinski definition) is 6. The van der Waals surface area contributed by atoms with Crippen LogP contribution in [-0.2, 0) is 19.1 Å². The summed E-state index contributed by atoms with van der Waals surface area (Å²) < 4.78 is 5.09. The van der Waals surface area contributed by atoms with Crippen molar-refractivity contribution < 1.29 is 23.9 Å². The van der Waals surface area contributed by atoms with Gasteiger partial charge in [0, 0.05) is 14.1 Å². The van der Waals surface area contributed by atoms with Crippen LogP contribution < -0.4 is 16.0 Å². The predicted molar refractivity (Wildman–Crippen MR) is 119 cm³/mol. The van der Waals surface area contributed by atoms with E-state index in [-0.39, 0.29) is 18.4 Å². The molecule has 0 rings (SSSR count). The second-order valence-corrected chi connectivity index (χ2v) is 9.67. The smallest absolute Gasteiger partial charge is 0.408 e. The molecule has 2 atom stereocenters. The Kier molecular flexibility index (Phi) is 12.5. The summed E-state index contributed by atoms with van der Waals surface area (Å²) >= 11 is 1.59. The van der Waals surface area contributed by atoms with E-state index in [0.29, 0.717) is 18.6 Å². The van der Waals surface area contributed by atoms with E-state index in [1.807, 2.05) is 20.1 Å². The average Bonchev–Trinajstić information content (AvgIpc) is 2.60. The van der Waals surface area contributed by atoms with Gasteiger partial charge >= 0.3 is 6.09 Å². The standard InChI is InChI=1S/C20H38N4O5S/c1-13(2)11-15(22-16(25)12-21-19(28)29-20(3,4)5)17(26)23-14(9-10-30-8)18(27)24(6)7/h13-15H,9-12H2,1-8H3,(H,21,28)(H,22,25)(H,23,26)/t14-,15+/m1/s1. The van der Waals surface area contributed by atoms with Crippen molar-refractivity contribution >= 4 is 35.6 Å². The normalized spacial score (nSPS) is 13.2. The molecular weight excluding hydrogens is 408 g/mol. The first-order valence-electron chi connectivity index (χ1n) is 10.0. The molecule has 0 aromatic rings. The van der Waals surface area contributed by atoms with Crippen molar-refractivity contribution in [2.24, 2.45) is 5.92 Å². The topological polar surface area (TPSA) is 117 Å². The molecule has 10 heteroatoms. The fourth-order valence-electron chi connectivity index (χ4n) is 2.49. The summed E-state index contributed by atoms with van der Waals surface area (Å²) in [5.41, 5.74) is -0.675. The van der Waals surface area contributed by atoms with Gasteiger partial charge in [0.2, 0.25) is 17.7 Å². The van der Waals surface area contributed by atoms with Gasteiger partial charge in [-0.15, -0.1) is 0 Å². The summed E-state index contributed by atoms with van der Waals surface area (Å²) in [6.07, 6.45) is 2.11. The first kappa shape index (κ1) is 28.0. The van der Waals surface area contributed by atoms with Crippen LogP contribution in [0.1, 0.15) is 47.5 Å². The molecule has 0 unspecified atom stereocenters. The Hall–Kier alpha value is -1.97. The zero-order chi connectivity index (χ0) is 23.5. The summed E-state index contributed by atoms with van der Waals surface area (Å²) in [6.45, 7) is 8.71. The molecule has 0 saturated heterocycles. The maximum atomic E-state index is 12.8. The number of nitrogens with zero attached hydrogens (tertiary/aromatic N) is 1. The van der Waals surface area contributed by atoms with Crippen LogP contribution in [0.15, 0.2) is 0 Å². The van der Waals surface area contributed by atoms with Crippen molar-refractivity contribution in [3.05, 3.63) is 0 Å². The van der Waals surface area contributed by atoms with Gasteiger partial charge in [-0.3, -0.25) is 14.4 Å². The van der Waals surface area contributed by atoms with Crippen LogP contribution in [0.5, 0.6) is 0 Å². The zero-order valence-corrected chi connectivity index (χ0v) is 20.3. The molecule has 9 nitrogen and oxygen atoms in total. The molecule has 0 spiro atoms. The minimum atomic E-state index is -0.815. The quantitative estimate of drug-likeness (QED) is 0.441. The van der Waals surface area contributed by atoms with Crippen LogP contribution in [0.4, 0.5) is 4.79 Å². The Morgan fingerprint density at radius 1 is 1.03 bits per heavy atom. The van der Waals surface area contributed by atoms with Crippen LogP contribution in [0.3, 0.4) is 0 Å². The van der Waals surface area contributed by atoms with E-state index in [4.69, 9.17) is 4.74 Å². The molecule has 0 aromatic carbocycles. The summed E-state index contributed by atoms with van der Waals surface area (Å²) in [4.78, 5) is 50.6. The molecule has 0 aliphatic heterocycles. The van der Waals surface area contributed by atoms with Gasteiger partial charge < -0.3 is 25.6 Å². The number of carbonyl (C=O) groups excluding carboxylic acids is 4. The van der Waals surface area contributed by atoms with E-state index in [1.165, 1.54) is 4.90 Å². The molecule has 4 amide bonds. The molecule has 0 bridgehead atoms. The zero-order valence-electron chi connectivity index (χ0n) is 19.5. The maximum absolute atomic E-state index is 12.8. The molecule has 0 aliphatic rings. The molecule has 30 heavy (non-hydrogen) atoms. The number of ether oxygens (including phenoxy) is 1. The molecule has 0 fully saturated rings. The second-order valence-electron chi connectivity index (χ2n) is 8.68. The Bertz CT molecular complexity index is 590. The molecule has 0 aliphatic carbocycles. The van der Waals surface area contributed by atoms with E-state index in [9.17, 15) is 19.2 Å². The van der Waals surface area contributed by atoms with Gasteiger partial charge in [-0.25, -0.2) is 4.79 Å². The highest BCUT2D eigenvalue weighted by atomic mass is 32.2. The van der Waals surface area contributed by atoms with Crippen molar-refractivity contribution in [1.82, 2.24) is 20.9 Å². The fraction of sp³-hybridized carbons (Fsp3) is 0.800. The van der Waals surface area contributed by atoms with Gasteiger partial charge in [0.05, 0.1) is 0 Å². The molecule has 0 heterocycles. The monoisotopic (exact) mass is 446 g/mol. The second kappa shape index (κ2) is 13.4. The number of carbonyl (C=O) groups is 4. The lowest BCUT2D eigenvalue weighted by molar-refractivity contribution is -0.135. The number of likely N-dealkylation sites (N-methyl/N-ethyl adjacent to an activating group) is 1. The third-order valence-electron chi connectivity index (χ3n) is 3.82. The number of alkyl carbamates (subject to hydrolysis) is 1. The third kappa shape index (κ3) is 12.6. The van der Waals surface area contributed by atoms with Gasteiger partial charge in [-0.05, 0) is 51.5 Å². The van der Waals surface area contributed by atoms with Crippen molar-refractivity contribution in [2.75, 3.05) is 32.6 Å². The minimum absolute atomic E-state index is 0.133. The van der Waals surface area contributed by atoms with Crippen molar-refractivity contribution in [2.45, 2.75) is 65.1 Å². The Morgan fingerprint density at radius 3 is 2.10 bits per heavy atom. The summed E-state index contributed by atoms with van der Waals surface area (Å²) in [5, 5.41) is 7.78. The van der Waals surface area contributed by atoms with Gasteiger partial charge in [0.1, 0.15) is 24.2 Å². The molecule has 0 saturated carbocycles. The SMILES string of the molecule is CSCC[C@@H](NC(=O)[C@H](CC(C)C)NC(=O)CNC(=O)OC(C)(C)C)C(=O)N(C)C. The van der Waals surface area contributed by atoms with Crippen LogP contribution in [0, 0.1) is 5.92 Å². The number of amides is 4. The number of rotatable bonds is 11. The van der Waals surface area contributed by atoms with Gasteiger partial charge in [0.25, 0.3) is 0 Å². The van der Waals surface area contributed by atoms with E-state index < -0.39 is 35.6 Å². The van der Waals surface area contributed by atoms with Crippen LogP contribution in [0.2, 0.25) is 0 Å². The van der Waals surface area contributed by atoms with Crippen LogP contribution >= 0.6 is 11.8 Å². The largest absolute Gasteiger partial charge is 0.444 e. The number of hydrogen-bond donors (Lipinski definition) is 3. The maximum Gasteiger partial charge on any atom is 0.408 e. The molecule has 3 N–H and O–H groups in total. The van der Waals surface area contributed by atoms with E-state index in [2.05, 4.69) is 16.0 Å². The van der Waals surface area contributed by atoms with Crippen molar-refractivity contribution in [3.8, 4) is 0 Å². The molecule has 0 aromatic heterocycles. The van der Waals surface area contributed by atoms with Gasteiger partial charge in [0.15, 0.2) is 0 Å². The van der Waals surface area contributed by atoms with E-state index in [1.54, 1.807) is 46.6 Å². The highest BCUT2D eigenvalue weighted by Gasteiger charge is 2.28. The van der Waals surface area contributed by atoms with Gasteiger partial charge in [-0.2, -0.15) is 11.8 Å². The molecule has 0 radical (unpaired) electrons. The van der Waals surface area contributed by atoms with E-state index >= 15 is 0 Å². The first-order chi connectivity index (χ1) is 13.8. The van der Waals surface area contributed by atoms with E-state index in [0.717, 1.165) is 0 Å². The van der Waals surface area contributed by atoms with Crippen LogP contribution in [0.25, 0.3) is 0 Å². The average molecular weight is 447 g/mol. The van der Waals surface area contributed by atoms with Crippen LogP contribution in [-0.4, -0.2) is 79.0 Å². The molecular formula is C20H38N4O5S. The predicted octanol–water partition coefficient (Wildman–Crippen LogP) is 1.37. The Balaban J connectivity index is 5.02. The highest BCUT2D eigenvalue weighted by Crippen LogP contribution is 2.09. The summed E-state index contributed by atoms with van der Waals surface area (Å²) in [7, 11) is 3.27. The third-order valence-corrected chi connectivity index (χ3v) is 4.46. The van der Waals surface area contributed by atoms with Gasteiger partial charge in [-0.1, -0.05) is 13.8 Å². The van der Waals surface area contributed by atoms with Crippen molar-refractivity contribution in [1.29, 1.82) is 0 Å². The first-order valence-corrected chi connectivity index (χ1v) is 11.4. The minimum Gasteiger partial charge on any atom is -0.444 e. The number of thioether (sulfide) groups is 1. The highest BCUT2D eigenvalue weighted by molar-refractivity contribution is 7.98. The Morgan fingerprint density at radius 2 is 1.63 bits per heavy atom.